The van der Waals surface area contributed by atoms with Crippen molar-refractivity contribution in [2.45, 2.75) is 31.2 Å². The number of methoxy groups -OCH3 is 1. The summed E-state index contributed by atoms with van der Waals surface area (Å²) < 4.78 is 6.94. The number of ether oxygens (including phenoxy) is 1. The summed E-state index contributed by atoms with van der Waals surface area (Å²) in [6, 6.07) is 20.5. The molecule has 33 heavy (non-hydrogen) atoms. The maximum Gasteiger partial charge on any atom is 0.266 e. The Balaban J connectivity index is 1.76. The monoisotopic (exact) mass is 459 g/mol. The second-order valence-corrected chi connectivity index (χ2v) is 9.10. The van der Waals surface area contributed by atoms with Crippen LogP contribution in [0.2, 0.25) is 0 Å². The molecule has 0 bridgehead atoms. The number of nitrogens with one attached hydrogen (secondary N) is 1. The summed E-state index contributed by atoms with van der Waals surface area (Å²) in [5.74, 6) is 0.374. The van der Waals surface area contributed by atoms with Crippen molar-refractivity contribution < 1.29 is 9.53 Å². The molecule has 168 valence electrons. The van der Waals surface area contributed by atoms with Crippen molar-refractivity contribution in [1.29, 1.82) is 0 Å². The van der Waals surface area contributed by atoms with E-state index in [9.17, 15) is 9.59 Å². The maximum atomic E-state index is 13.5. The minimum atomic E-state index is -0.515. The summed E-state index contributed by atoms with van der Waals surface area (Å²) in [7, 11) is 1.56. The van der Waals surface area contributed by atoms with E-state index < -0.39 is 5.25 Å². The topological polar surface area (TPSA) is 73.2 Å². The molecule has 6 nitrogen and oxygen atoms in total. The van der Waals surface area contributed by atoms with Gasteiger partial charge >= 0.3 is 0 Å². The van der Waals surface area contributed by atoms with Crippen molar-refractivity contribution >= 4 is 34.3 Å². The third-order valence-electron chi connectivity index (χ3n) is 5.37. The zero-order valence-electron chi connectivity index (χ0n) is 19.0. The number of rotatable bonds is 6. The molecule has 1 heterocycles. The van der Waals surface area contributed by atoms with Crippen LogP contribution in [0.3, 0.4) is 0 Å². The second kappa shape index (κ2) is 9.50. The number of amides is 1. The van der Waals surface area contributed by atoms with Gasteiger partial charge in [0.05, 0.1) is 34.6 Å². The summed E-state index contributed by atoms with van der Waals surface area (Å²) in [5.41, 5.74) is 3.79. The first-order valence-corrected chi connectivity index (χ1v) is 11.5. The van der Waals surface area contributed by atoms with Crippen LogP contribution in [0.4, 0.5) is 5.69 Å². The molecule has 4 rings (SSSR count). The van der Waals surface area contributed by atoms with Gasteiger partial charge in [-0.25, -0.2) is 4.98 Å². The molecule has 4 aromatic rings. The zero-order valence-corrected chi connectivity index (χ0v) is 19.8. The average molecular weight is 460 g/mol. The first kappa shape index (κ1) is 22.6. The number of thioether (sulfide) groups is 1. The Hall–Kier alpha value is -3.58. The second-order valence-electron chi connectivity index (χ2n) is 7.79. The summed E-state index contributed by atoms with van der Waals surface area (Å²) in [6.07, 6.45) is 0. The molecule has 0 spiro atoms. The Bertz CT molecular complexity index is 1400. The lowest BCUT2D eigenvalue weighted by molar-refractivity contribution is -0.115. The van der Waals surface area contributed by atoms with E-state index in [1.54, 1.807) is 36.8 Å². The molecule has 1 amide bonds. The Morgan fingerprint density at radius 3 is 2.58 bits per heavy atom. The van der Waals surface area contributed by atoms with Crippen molar-refractivity contribution in [3.8, 4) is 11.4 Å². The van der Waals surface area contributed by atoms with E-state index in [1.807, 2.05) is 62.4 Å². The Labute approximate surface area is 196 Å². The van der Waals surface area contributed by atoms with Gasteiger partial charge in [0, 0.05) is 0 Å². The van der Waals surface area contributed by atoms with Crippen LogP contribution in [0.25, 0.3) is 16.6 Å². The van der Waals surface area contributed by atoms with Gasteiger partial charge in [0.25, 0.3) is 5.56 Å². The lowest BCUT2D eigenvalue weighted by atomic mass is 10.1. The van der Waals surface area contributed by atoms with Crippen LogP contribution in [-0.4, -0.2) is 27.8 Å². The predicted molar refractivity (Wildman–Crippen MR) is 134 cm³/mol. The number of anilines is 1. The van der Waals surface area contributed by atoms with Gasteiger partial charge in [0.1, 0.15) is 5.75 Å². The fourth-order valence-corrected chi connectivity index (χ4v) is 4.48. The number of carbonyl (C=O) groups is 1. The van der Waals surface area contributed by atoms with Crippen molar-refractivity contribution in [2.75, 3.05) is 12.4 Å². The van der Waals surface area contributed by atoms with Crippen molar-refractivity contribution in [3.63, 3.8) is 0 Å². The molecule has 0 aliphatic heterocycles. The number of para-hydroxylation sites is 3. The number of fused-ring (bicyclic) bond motifs is 1. The van der Waals surface area contributed by atoms with Gasteiger partial charge < -0.3 is 10.1 Å². The Kier molecular flexibility index (Phi) is 6.51. The molecule has 0 unspecified atom stereocenters. The number of carbonyl (C=O) groups excluding carboxylic acids is 1. The quantitative estimate of drug-likeness (QED) is 0.320. The molecule has 1 atom stereocenters. The standard InChI is InChI=1S/C26H25N3O3S/c1-16-13-14-17(2)22(15-16)29-25(31)19-9-5-6-10-20(19)28-26(29)33-18(3)24(30)27-21-11-7-8-12-23(21)32-4/h5-15,18H,1-4H3,(H,27,30)/t18-/m0/s1. The molecule has 0 aliphatic carbocycles. The Morgan fingerprint density at radius 2 is 1.79 bits per heavy atom. The van der Waals surface area contributed by atoms with Crippen LogP contribution >= 0.6 is 11.8 Å². The van der Waals surface area contributed by atoms with Crippen LogP contribution in [-0.2, 0) is 4.79 Å². The third kappa shape index (κ3) is 4.64. The van der Waals surface area contributed by atoms with Crippen molar-refractivity contribution in [2.24, 2.45) is 0 Å². The van der Waals surface area contributed by atoms with Gasteiger partial charge in [-0.05, 0) is 62.2 Å². The van der Waals surface area contributed by atoms with Crippen LogP contribution in [0.5, 0.6) is 5.75 Å². The van der Waals surface area contributed by atoms with Crippen LogP contribution in [0.15, 0.2) is 76.7 Å². The lowest BCUT2D eigenvalue weighted by Gasteiger charge is -2.18. The first-order valence-electron chi connectivity index (χ1n) is 10.6. The number of aryl methyl sites for hydroxylation is 2. The van der Waals surface area contributed by atoms with Gasteiger partial charge in [-0.2, -0.15) is 0 Å². The van der Waals surface area contributed by atoms with Gasteiger partial charge in [0.2, 0.25) is 5.91 Å². The van der Waals surface area contributed by atoms with Gasteiger partial charge in [-0.15, -0.1) is 0 Å². The van der Waals surface area contributed by atoms with Gasteiger partial charge in [0.15, 0.2) is 5.16 Å². The van der Waals surface area contributed by atoms with E-state index >= 15 is 0 Å². The van der Waals surface area contributed by atoms with Gasteiger partial charge in [-0.1, -0.05) is 48.2 Å². The molecule has 0 fully saturated rings. The highest BCUT2D eigenvalue weighted by molar-refractivity contribution is 8.00. The molecular weight excluding hydrogens is 434 g/mol. The predicted octanol–water partition coefficient (Wildman–Crippen LogP) is 5.13. The van der Waals surface area contributed by atoms with Gasteiger partial charge in [-0.3, -0.25) is 14.2 Å². The number of benzene rings is 3. The minimum Gasteiger partial charge on any atom is -0.495 e. The summed E-state index contributed by atoms with van der Waals surface area (Å²) >= 11 is 1.25. The molecule has 0 radical (unpaired) electrons. The summed E-state index contributed by atoms with van der Waals surface area (Å²) in [5, 5.41) is 3.40. The maximum absolute atomic E-state index is 13.5. The van der Waals surface area contributed by atoms with Crippen LogP contribution in [0.1, 0.15) is 18.1 Å². The Morgan fingerprint density at radius 1 is 1.06 bits per heavy atom. The smallest absolute Gasteiger partial charge is 0.266 e. The van der Waals surface area contributed by atoms with E-state index in [0.717, 1.165) is 16.8 Å². The van der Waals surface area contributed by atoms with Crippen molar-refractivity contribution in [1.82, 2.24) is 9.55 Å². The van der Waals surface area contributed by atoms with E-state index in [-0.39, 0.29) is 11.5 Å². The average Bonchev–Trinajstić information content (AvgIpc) is 2.81. The van der Waals surface area contributed by atoms with E-state index in [0.29, 0.717) is 27.5 Å². The fraction of sp³-hybridized carbons (Fsp3) is 0.192. The number of hydrogen-bond donors (Lipinski definition) is 1. The van der Waals surface area contributed by atoms with Crippen LogP contribution in [0, 0.1) is 13.8 Å². The lowest BCUT2D eigenvalue weighted by Crippen LogP contribution is -2.26. The van der Waals surface area contributed by atoms with E-state index in [1.165, 1.54) is 11.8 Å². The number of nitrogens with zero attached hydrogens (tertiary/aromatic N) is 2. The molecule has 1 aromatic heterocycles. The molecule has 3 aromatic carbocycles. The normalized spacial score (nSPS) is 11.9. The third-order valence-corrected chi connectivity index (χ3v) is 6.42. The molecular formula is C26H25N3O3S. The highest BCUT2D eigenvalue weighted by Crippen LogP contribution is 2.29. The first-order chi connectivity index (χ1) is 15.9. The zero-order chi connectivity index (χ0) is 23.5. The van der Waals surface area contributed by atoms with Crippen molar-refractivity contribution in [3.05, 3.63) is 88.2 Å². The molecule has 7 heteroatoms. The van der Waals surface area contributed by atoms with E-state index in [4.69, 9.17) is 9.72 Å². The highest BCUT2D eigenvalue weighted by atomic mass is 32.2. The van der Waals surface area contributed by atoms with E-state index in [2.05, 4.69) is 5.32 Å². The molecule has 0 saturated carbocycles. The molecule has 0 aliphatic rings. The largest absolute Gasteiger partial charge is 0.495 e. The number of aromatic nitrogens is 2. The summed E-state index contributed by atoms with van der Waals surface area (Å²) in [6.45, 7) is 5.74. The van der Waals surface area contributed by atoms with Crippen LogP contribution < -0.4 is 15.6 Å². The number of hydrogen-bond acceptors (Lipinski definition) is 5. The molecule has 0 saturated heterocycles. The molecule has 1 N–H and O–H groups in total. The SMILES string of the molecule is COc1ccccc1NC(=O)[C@H](C)Sc1nc2ccccc2c(=O)n1-c1cc(C)ccc1C. The highest BCUT2D eigenvalue weighted by Gasteiger charge is 2.22. The fourth-order valence-electron chi connectivity index (χ4n) is 3.56. The minimum absolute atomic E-state index is 0.158. The summed E-state index contributed by atoms with van der Waals surface area (Å²) in [4.78, 5) is 31.3.